The summed E-state index contributed by atoms with van der Waals surface area (Å²) < 4.78 is 12.7. The largest absolute Gasteiger partial charge is 0.490 e. The highest BCUT2D eigenvalue weighted by molar-refractivity contribution is 9.10. The maximum absolute atomic E-state index is 13.3. The van der Waals surface area contributed by atoms with E-state index >= 15 is 0 Å². The molecule has 0 bridgehead atoms. The molecule has 1 heterocycles. The van der Waals surface area contributed by atoms with Crippen LogP contribution in [0.4, 0.5) is 5.69 Å². The minimum absolute atomic E-state index is 0.0412. The number of nitro benzene ring substituents is 1. The first-order valence-electron chi connectivity index (χ1n) is 10.8. The van der Waals surface area contributed by atoms with Crippen molar-refractivity contribution in [3.05, 3.63) is 66.7 Å². The molecule has 2 aromatic carbocycles. The first-order chi connectivity index (χ1) is 16.7. The predicted octanol–water partition coefficient (Wildman–Crippen LogP) is 3.73. The molecule has 184 valence electrons. The SMILES string of the molecule is CCOc1cc(C=Nn2c([C@H](C)CC)nc3ccc(Br)cc3c2=O)cc([N+](=O)[O-])c1OCC(N)=O. The molecule has 0 spiro atoms. The Balaban J connectivity index is 2.17. The number of halogens is 1. The first-order valence-corrected chi connectivity index (χ1v) is 11.6. The molecule has 3 rings (SSSR count). The number of ether oxygens (including phenoxy) is 2. The molecule has 35 heavy (non-hydrogen) atoms. The van der Waals surface area contributed by atoms with Gasteiger partial charge in [-0.05, 0) is 37.6 Å². The zero-order chi connectivity index (χ0) is 25.7. The van der Waals surface area contributed by atoms with Gasteiger partial charge in [0.15, 0.2) is 12.4 Å². The Morgan fingerprint density at radius 3 is 2.69 bits per heavy atom. The highest BCUT2D eigenvalue weighted by atomic mass is 79.9. The third-order valence-corrected chi connectivity index (χ3v) is 5.61. The van der Waals surface area contributed by atoms with Crippen LogP contribution in [0.1, 0.15) is 44.5 Å². The van der Waals surface area contributed by atoms with Crippen molar-refractivity contribution in [1.82, 2.24) is 9.66 Å². The van der Waals surface area contributed by atoms with Crippen LogP contribution < -0.4 is 20.8 Å². The van der Waals surface area contributed by atoms with Gasteiger partial charge in [0.2, 0.25) is 5.75 Å². The lowest BCUT2D eigenvalue weighted by atomic mass is 10.1. The van der Waals surface area contributed by atoms with Crippen molar-refractivity contribution in [3.8, 4) is 11.5 Å². The number of amides is 1. The number of fused-ring (bicyclic) bond motifs is 1. The number of nitrogens with two attached hydrogens (primary N) is 1. The molecule has 0 radical (unpaired) electrons. The summed E-state index contributed by atoms with van der Waals surface area (Å²) in [5.41, 5.74) is 5.13. The van der Waals surface area contributed by atoms with Crippen LogP contribution in [0.5, 0.6) is 11.5 Å². The van der Waals surface area contributed by atoms with Gasteiger partial charge >= 0.3 is 5.69 Å². The molecule has 1 amide bonds. The molecular formula is C23H24BrN5O6. The smallest absolute Gasteiger partial charge is 0.315 e. The van der Waals surface area contributed by atoms with Crippen LogP contribution in [0.15, 0.2) is 44.7 Å². The summed E-state index contributed by atoms with van der Waals surface area (Å²) in [5.74, 6) is -0.586. The van der Waals surface area contributed by atoms with Gasteiger partial charge in [0.1, 0.15) is 5.82 Å². The van der Waals surface area contributed by atoms with Crippen LogP contribution in [0.3, 0.4) is 0 Å². The maximum atomic E-state index is 13.3. The molecule has 1 aromatic heterocycles. The molecule has 0 aliphatic heterocycles. The number of benzene rings is 2. The monoisotopic (exact) mass is 545 g/mol. The van der Waals surface area contributed by atoms with Crippen molar-refractivity contribution in [2.45, 2.75) is 33.1 Å². The zero-order valence-corrected chi connectivity index (χ0v) is 20.9. The zero-order valence-electron chi connectivity index (χ0n) is 19.4. The highest BCUT2D eigenvalue weighted by Gasteiger charge is 2.23. The van der Waals surface area contributed by atoms with Gasteiger partial charge < -0.3 is 15.2 Å². The molecule has 0 aliphatic rings. The van der Waals surface area contributed by atoms with Gasteiger partial charge in [-0.25, -0.2) is 4.98 Å². The quantitative estimate of drug-likeness (QED) is 0.231. The minimum atomic E-state index is -0.792. The molecule has 0 unspecified atom stereocenters. The standard InChI is InChI=1S/C23H24BrN5O6/c1-4-13(3)22-27-17-7-6-15(24)10-16(17)23(31)28(22)26-11-14-8-18(29(32)33)21(35-12-20(25)30)19(9-14)34-5-2/h6-11,13H,4-5,12H2,1-3H3,(H2,25,30)/t13-/m1/s1. The van der Waals surface area contributed by atoms with Crippen LogP contribution >= 0.6 is 15.9 Å². The van der Waals surface area contributed by atoms with Gasteiger partial charge in [-0.3, -0.25) is 19.7 Å². The Hall–Kier alpha value is -3.80. The van der Waals surface area contributed by atoms with Crippen LogP contribution in [0, 0.1) is 10.1 Å². The van der Waals surface area contributed by atoms with Gasteiger partial charge in [-0.1, -0.05) is 29.8 Å². The number of carbonyl (C=O) groups excluding carboxylic acids is 1. The average molecular weight is 546 g/mol. The van der Waals surface area contributed by atoms with Crippen molar-refractivity contribution < 1.29 is 19.2 Å². The van der Waals surface area contributed by atoms with Crippen LogP contribution in [0.2, 0.25) is 0 Å². The summed E-state index contributed by atoms with van der Waals surface area (Å²) in [7, 11) is 0. The predicted molar refractivity (Wildman–Crippen MR) is 134 cm³/mol. The van der Waals surface area contributed by atoms with E-state index in [0.717, 1.165) is 10.9 Å². The molecule has 0 aliphatic carbocycles. The van der Waals surface area contributed by atoms with E-state index in [1.165, 1.54) is 23.0 Å². The number of nitro groups is 1. The lowest BCUT2D eigenvalue weighted by Crippen LogP contribution is -2.23. The average Bonchev–Trinajstić information content (AvgIpc) is 2.82. The Bertz CT molecular complexity index is 1370. The van der Waals surface area contributed by atoms with Gasteiger partial charge in [-0.2, -0.15) is 9.78 Å². The summed E-state index contributed by atoms with van der Waals surface area (Å²) in [6.45, 7) is 5.23. The fraction of sp³-hybridized carbons (Fsp3) is 0.304. The summed E-state index contributed by atoms with van der Waals surface area (Å²) in [6.07, 6.45) is 2.03. The van der Waals surface area contributed by atoms with Crippen molar-refractivity contribution in [1.29, 1.82) is 0 Å². The van der Waals surface area contributed by atoms with Crippen LogP contribution in [-0.2, 0) is 4.79 Å². The number of rotatable bonds is 10. The number of hydrogen-bond donors (Lipinski definition) is 1. The van der Waals surface area contributed by atoms with Crippen LogP contribution in [-0.4, -0.2) is 39.9 Å². The van der Waals surface area contributed by atoms with Gasteiger partial charge in [0.25, 0.3) is 11.5 Å². The van der Waals surface area contributed by atoms with E-state index in [9.17, 15) is 19.7 Å². The Morgan fingerprint density at radius 1 is 1.31 bits per heavy atom. The number of hydrogen-bond acceptors (Lipinski definition) is 8. The third-order valence-electron chi connectivity index (χ3n) is 5.12. The minimum Gasteiger partial charge on any atom is -0.490 e. The number of aromatic nitrogens is 2. The van der Waals surface area contributed by atoms with Gasteiger partial charge in [-0.15, -0.1) is 0 Å². The van der Waals surface area contributed by atoms with E-state index in [1.807, 2.05) is 13.8 Å². The second kappa shape index (κ2) is 11.1. The number of nitrogens with zero attached hydrogens (tertiary/aromatic N) is 4. The summed E-state index contributed by atoms with van der Waals surface area (Å²) in [5, 5.41) is 16.4. The molecule has 1 atom stereocenters. The topological polar surface area (TPSA) is 152 Å². The van der Waals surface area contributed by atoms with Gasteiger partial charge in [0, 0.05) is 22.0 Å². The second-order valence-electron chi connectivity index (χ2n) is 7.61. The fourth-order valence-electron chi connectivity index (χ4n) is 3.27. The van der Waals surface area contributed by atoms with E-state index < -0.39 is 23.1 Å². The second-order valence-corrected chi connectivity index (χ2v) is 8.53. The van der Waals surface area contributed by atoms with Crippen molar-refractivity contribution in [2.24, 2.45) is 10.8 Å². The molecule has 3 aromatic rings. The Morgan fingerprint density at radius 2 is 2.06 bits per heavy atom. The Kier molecular flexibility index (Phi) is 8.18. The maximum Gasteiger partial charge on any atom is 0.315 e. The van der Waals surface area contributed by atoms with Gasteiger partial charge in [0.05, 0.1) is 28.6 Å². The van der Waals surface area contributed by atoms with E-state index in [2.05, 4.69) is 26.0 Å². The van der Waals surface area contributed by atoms with Crippen molar-refractivity contribution in [2.75, 3.05) is 13.2 Å². The van der Waals surface area contributed by atoms with Crippen molar-refractivity contribution >= 4 is 44.6 Å². The number of carbonyl (C=O) groups is 1. The molecule has 0 saturated carbocycles. The first kappa shape index (κ1) is 25.8. The normalized spacial score (nSPS) is 12.1. The number of primary amides is 1. The third kappa shape index (κ3) is 5.83. The molecule has 2 N–H and O–H groups in total. The van der Waals surface area contributed by atoms with E-state index in [0.29, 0.717) is 16.7 Å². The fourth-order valence-corrected chi connectivity index (χ4v) is 3.63. The molecule has 12 heteroatoms. The van der Waals surface area contributed by atoms with Crippen LogP contribution in [0.25, 0.3) is 10.9 Å². The van der Waals surface area contributed by atoms with E-state index in [4.69, 9.17) is 15.2 Å². The summed E-state index contributed by atoms with van der Waals surface area (Å²) in [6, 6.07) is 7.90. The van der Waals surface area contributed by atoms with E-state index in [-0.39, 0.29) is 35.1 Å². The summed E-state index contributed by atoms with van der Waals surface area (Å²) in [4.78, 5) is 40.1. The van der Waals surface area contributed by atoms with Crippen molar-refractivity contribution in [3.63, 3.8) is 0 Å². The highest BCUT2D eigenvalue weighted by Crippen LogP contribution is 2.38. The molecule has 0 fully saturated rings. The molecule has 11 nitrogen and oxygen atoms in total. The molecule has 0 saturated heterocycles. The lowest BCUT2D eigenvalue weighted by Gasteiger charge is -2.14. The Labute approximate surface area is 208 Å². The summed E-state index contributed by atoms with van der Waals surface area (Å²) >= 11 is 3.37. The lowest BCUT2D eigenvalue weighted by molar-refractivity contribution is -0.385. The van der Waals surface area contributed by atoms with E-state index in [1.54, 1.807) is 25.1 Å². The molecular weight excluding hydrogens is 522 g/mol.